The molecule has 0 saturated heterocycles. The molecule has 224 valence electrons. The smallest absolute Gasteiger partial charge is 0.266 e. The molecule has 1 aliphatic rings. The molecule has 3 N–H and O–H groups in total. The fraction of sp³-hybridized carbons (Fsp3) is 0.212. The molecule has 1 heterocycles. The van der Waals surface area contributed by atoms with Gasteiger partial charge < -0.3 is 14.6 Å². The maximum atomic E-state index is 14.3. The second-order valence-corrected chi connectivity index (χ2v) is 10.1. The second kappa shape index (κ2) is 14.3. The molecule has 4 aromatic rings. The van der Waals surface area contributed by atoms with E-state index in [4.69, 9.17) is 19.6 Å². The standard InChI is InChI=1S/C33H31FN6O4/c34-27-12-6-8-23(20-27)22-36-39-32(42)33(21-26-11-4-5-13-29(26)38-40-35)30(24-9-2-1-3-10-24)44-31(37-33)25-14-16-28(17-15-25)43-19-7-18-41/h1-6,8-17,20,30,36,41H,7,18-19,21-22H2,(H,39,42)/t30-,33-/m0/s1. The number of hydrogen-bond donors (Lipinski definition) is 3. The van der Waals surface area contributed by atoms with Crippen LogP contribution in [0.5, 0.6) is 5.75 Å². The minimum Gasteiger partial charge on any atom is -0.494 e. The number of carbonyl (C=O) groups is 1. The van der Waals surface area contributed by atoms with E-state index >= 15 is 0 Å². The third-order valence-corrected chi connectivity index (χ3v) is 7.12. The number of aliphatic imine (C=N–C) groups is 1. The third-order valence-electron chi connectivity index (χ3n) is 7.12. The van der Waals surface area contributed by atoms with Crippen molar-refractivity contribution >= 4 is 17.5 Å². The molecule has 0 spiro atoms. The van der Waals surface area contributed by atoms with E-state index in [1.54, 1.807) is 60.7 Å². The van der Waals surface area contributed by atoms with Gasteiger partial charge in [0.1, 0.15) is 11.6 Å². The van der Waals surface area contributed by atoms with Gasteiger partial charge in [-0.1, -0.05) is 71.8 Å². The molecule has 0 unspecified atom stereocenters. The number of benzene rings is 4. The molecule has 44 heavy (non-hydrogen) atoms. The Morgan fingerprint density at radius 1 is 1.05 bits per heavy atom. The van der Waals surface area contributed by atoms with Crippen molar-refractivity contribution in [2.24, 2.45) is 10.1 Å². The van der Waals surface area contributed by atoms with Crippen molar-refractivity contribution in [1.82, 2.24) is 10.9 Å². The highest BCUT2D eigenvalue weighted by atomic mass is 19.1. The van der Waals surface area contributed by atoms with Crippen LogP contribution < -0.4 is 15.6 Å². The number of carbonyl (C=O) groups excluding carboxylic acids is 1. The van der Waals surface area contributed by atoms with E-state index in [2.05, 4.69) is 20.9 Å². The zero-order valence-corrected chi connectivity index (χ0v) is 23.8. The molecule has 0 aliphatic carbocycles. The summed E-state index contributed by atoms with van der Waals surface area (Å²) < 4.78 is 25.9. The van der Waals surface area contributed by atoms with E-state index in [1.807, 2.05) is 30.3 Å². The summed E-state index contributed by atoms with van der Waals surface area (Å²) in [4.78, 5) is 22.2. The van der Waals surface area contributed by atoms with Crippen molar-refractivity contribution in [2.45, 2.75) is 31.0 Å². The second-order valence-electron chi connectivity index (χ2n) is 10.1. The lowest BCUT2D eigenvalue weighted by atomic mass is 9.81. The molecule has 10 nitrogen and oxygen atoms in total. The molecular weight excluding hydrogens is 563 g/mol. The fourth-order valence-corrected chi connectivity index (χ4v) is 4.99. The van der Waals surface area contributed by atoms with Crippen LogP contribution in [0.15, 0.2) is 113 Å². The van der Waals surface area contributed by atoms with Gasteiger partial charge in [0.25, 0.3) is 5.91 Å². The highest BCUT2D eigenvalue weighted by Gasteiger charge is 2.53. The number of halogens is 1. The zero-order chi connectivity index (χ0) is 30.8. The summed E-state index contributed by atoms with van der Waals surface area (Å²) in [5, 5.41) is 12.9. The van der Waals surface area contributed by atoms with Crippen LogP contribution in [0, 0.1) is 5.82 Å². The molecular formula is C33H31FN6O4. The maximum Gasteiger partial charge on any atom is 0.266 e. The predicted molar refractivity (Wildman–Crippen MR) is 164 cm³/mol. The van der Waals surface area contributed by atoms with E-state index in [-0.39, 0.29) is 31.3 Å². The van der Waals surface area contributed by atoms with Gasteiger partial charge in [-0.25, -0.2) is 14.8 Å². The predicted octanol–water partition coefficient (Wildman–Crippen LogP) is 5.85. The van der Waals surface area contributed by atoms with Crippen LogP contribution in [0.1, 0.15) is 34.8 Å². The van der Waals surface area contributed by atoms with Crippen molar-refractivity contribution < 1.29 is 23.8 Å². The first-order valence-corrected chi connectivity index (χ1v) is 14.1. The van der Waals surface area contributed by atoms with Crippen molar-refractivity contribution in [3.8, 4) is 5.75 Å². The van der Waals surface area contributed by atoms with Gasteiger partial charge in [-0.2, -0.15) is 0 Å². The average molecular weight is 595 g/mol. The number of hydrazine groups is 1. The SMILES string of the molecule is [N-]=[N+]=Nc1ccccc1C[C@]1(C(=O)NNCc2cccc(F)c2)N=C(c2ccc(OCCCO)cc2)O[C@H]1c1ccccc1. The zero-order valence-electron chi connectivity index (χ0n) is 23.8. The molecule has 2 atom stereocenters. The van der Waals surface area contributed by atoms with Crippen LogP contribution in [0.4, 0.5) is 10.1 Å². The van der Waals surface area contributed by atoms with E-state index in [9.17, 15) is 14.7 Å². The summed E-state index contributed by atoms with van der Waals surface area (Å²) in [7, 11) is 0. The van der Waals surface area contributed by atoms with Crippen molar-refractivity contribution in [2.75, 3.05) is 13.2 Å². The third kappa shape index (κ3) is 7.04. The quantitative estimate of drug-likeness (QED) is 0.0586. The molecule has 0 fully saturated rings. The van der Waals surface area contributed by atoms with Crippen LogP contribution in [0.3, 0.4) is 0 Å². The van der Waals surface area contributed by atoms with Gasteiger partial charge >= 0.3 is 0 Å². The lowest BCUT2D eigenvalue weighted by molar-refractivity contribution is -0.130. The van der Waals surface area contributed by atoms with Crippen LogP contribution in [0.25, 0.3) is 10.4 Å². The molecule has 0 saturated carbocycles. The molecule has 0 bridgehead atoms. The van der Waals surface area contributed by atoms with Crippen LogP contribution in [0.2, 0.25) is 0 Å². The van der Waals surface area contributed by atoms with Gasteiger partial charge in [0.05, 0.1) is 6.61 Å². The average Bonchev–Trinajstić information content (AvgIpc) is 3.43. The summed E-state index contributed by atoms with van der Waals surface area (Å²) in [5.74, 6) is 0.00292. The number of hydrogen-bond acceptors (Lipinski definition) is 7. The first kappa shape index (κ1) is 30.2. The van der Waals surface area contributed by atoms with Gasteiger partial charge in [0.2, 0.25) is 5.90 Å². The number of aliphatic hydroxyl groups excluding tert-OH is 1. The Bertz CT molecular complexity index is 1660. The Kier molecular flexibility index (Phi) is 9.83. The Balaban J connectivity index is 1.54. The molecule has 1 aliphatic heterocycles. The monoisotopic (exact) mass is 594 g/mol. The number of ether oxygens (including phenoxy) is 2. The summed E-state index contributed by atoms with van der Waals surface area (Å²) in [6, 6.07) is 29.5. The lowest BCUT2D eigenvalue weighted by Gasteiger charge is -2.31. The van der Waals surface area contributed by atoms with E-state index in [0.717, 1.165) is 5.56 Å². The molecule has 4 aromatic carbocycles. The molecule has 1 amide bonds. The van der Waals surface area contributed by atoms with Gasteiger partial charge in [-0.15, -0.1) is 0 Å². The lowest BCUT2D eigenvalue weighted by Crippen LogP contribution is -2.53. The Labute approximate surface area is 253 Å². The first-order chi connectivity index (χ1) is 21.5. The summed E-state index contributed by atoms with van der Waals surface area (Å²) >= 11 is 0. The summed E-state index contributed by atoms with van der Waals surface area (Å²) in [6.07, 6.45) is -0.297. The Morgan fingerprint density at radius 3 is 2.57 bits per heavy atom. The van der Waals surface area contributed by atoms with Crippen LogP contribution in [-0.4, -0.2) is 35.7 Å². The van der Waals surface area contributed by atoms with Gasteiger partial charge in [-0.05, 0) is 58.6 Å². The molecule has 0 aromatic heterocycles. The highest BCUT2D eigenvalue weighted by Crippen LogP contribution is 2.43. The topological polar surface area (TPSA) is 141 Å². The van der Waals surface area contributed by atoms with Crippen molar-refractivity contribution in [3.05, 3.63) is 142 Å². The molecule has 5 rings (SSSR count). The van der Waals surface area contributed by atoms with Gasteiger partial charge in [-0.3, -0.25) is 10.2 Å². The summed E-state index contributed by atoms with van der Waals surface area (Å²) in [5.41, 5.74) is 16.3. The van der Waals surface area contributed by atoms with E-state index in [1.165, 1.54) is 12.1 Å². The van der Waals surface area contributed by atoms with Crippen LogP contribution in [-0.2, 0) is 22.5 Å². The maximum absolute atomic E-state index is 14.3. The number of nitrogens with one attached hydrogen (secondary N) is 2. The number of amides is 1. The fourth-order valence-electron chi connectivity index (χ4n) is 4.99. The molecule has 11 heteroatoms. The number of nitrogens with zero attached hydrogens (tertiary/aromatic N) is 4. The summed E-state index contributed by atoms with van der Waals surface area (Å²) in [6.45, 7) is 0.577. The van der Waals surface area contributed by atoms with Crippen molar-refractivity contribution in [3.63, 3.8) is 0 Å². The number of azide groups is 1. The Hall–Kier alpha value is -5.22. The highest BCUT2D eigenvalue weighted by molar-refractivity contribution is 6.01. The Morgan fingerprint density at radius 2 is 1.82 bits per heavy atom. The molecule has 0 radical (unpaired) electrons. The first-order valence-electron chi connectivity index (χ1n) is 14.1. The van der Waals surface area contributed by atoms with E-state index < -0.39 is 17.6 Å². The van der Waals surface area contributed by atoms with Gasteiger partial charge in [0, 0.05) is 42.2 Å². The van der Waals surface area contributed by atoms with Crippen molar-refractivity contribution in [1.29, 1.82) is 0 Å². The number of rotatable bonds is 13. The van der Waals surface area contributed by atoms with Crippen LogP contribution >= 0.6 is 0 Å². The largest absolute Gasteiger partial charge is 0.494 e. The van der Waals surface area contributed by atoms with Gasteiger partial charge in [0.15, 0.2) is 11.6 Å². The minimum absolute atomic E-state index is 0.0354. The van der Waals surface area contributed by atoms with E-state index in [0.29, 0.717) is 41.2 Å². The minimum atomic E-state index is -1.54. The normalized spacial score (nSPS) is 17.2. The number of aliphatic hydroxyl groups is 1.